The van der Waals surface area contributed by atoms with Crippen LogP contribution in [0.3, 0.4) is 0 Å². The Morgan fingerprint density at radius 2 is 2.05 bits per heavy atom. The highest BCUT2D eigenvalue weighted by molar-refractivity contribution is 5.84. The third-order valence-corrected chi connectivity index (χ3v) is 3.36. The Balaban J connectivity index is 2.02. The zero-order chi connectivity index (χ0) is 16.2. The van der Waals surface area contributed by atoms with Gasteiger partial charge in [0.2, 0.25) is 5.91 Å². The highest BCUT2D eigenvalue weighted by atomic mass is 19.4. The predicted molar refractivity (Wildman–Crippen MR) is 79.5 cm³/mol. The van der Waals surface area contributed by atoms with E-state index < -0.39 is 18.6 Å². The molecule has 2 rings (SSSR count). The van der Waals surface area contributed by atoms with Crippen molar-refractivity contribution in [3.63, 3.8) is 0 Å². The van der Waals surface area contributed by atoms with Gasteiger partial charge in [-0.3, -0.25) is 4.79 Å². The van der Waals surface area contributed by atoms with E-state index in [0.29, 0.717) is 6.42 Å². The number of nitrogens with zero attached hydrogens (tertiary/aromatic N) is 1. The number of hydrogen-bond acceptors (Lipinski definition) is 1. The molecule has 0 saturated heterocycles. The second-order valence-corrected chi connectivity index (χ2v) is 5.04. The molecule has 0 saturated carbocycles. The van der Waals surface area contributed by atoms with Gasteiger partial charge in [-0.15, -0.1) is 6.58 Å². The van der Waals surface area contributed by atoms with Crippen molar-refractivity contribution in [2.75, 3.05) is 13.1 Å². The predicted octanol–water partition coefficient (Wildman–Crippen LogP) is 3.68. The van der Waals surface area contributed by atoms with E-state index in [2.05, 4.69) is 11.6 Å². The van der Waals surface area contributed by atoms with Crippen LogP contribution in [0.4, 0.5) is 13.2 Å². The molecule has 0 aliphatic heterocycles. The van der Waals surface area contributed by atoms with E-state index in [9.17, 15) is 18.0 Å². The van der Waals surface area contributed by atoms with Crippen LogP contribution in [-0.4, -0.2) is 35.1 Å². The molecule has 1 amide bonds. The number of amides is 1. The van der Waals surface area contributed by atoms with Gasteiger partial charge < -0.3 is 9.88 Å². The highest BCUT2D eigenvalue weighted by Gasteiger charge is 2.32. The van der Waals surface area contributed by atoms with Crippen molar-refractivity contribution in [1.29, 1.82) is 0 Å². The molecule has 0 unspecified atom stereocenters. The first-order valence-electron chi connectivity index (χ1n) is 6.91. The molecule has 6 heteroatoms. The fourth-order valence-corrected chi connectivity index (χ4v) is 2.36. The molecule has 1 aromatic heterocycles. The molecule has 0 aliphatic rings. The third-order valence-electron chi connectivity index (χ3n) is 3.36. The van der Waals surface area contributed by atoms with Gasteiger partial charge >= 0.3 is 6.18 Å². The standard InChI is InChI=1S/C16H17F3N2O/c1-2-9-21(11-16(17,18)19)15(22)8-7-12-10-20-14-6-4-3-5-13(12)14/h2-6,10,20H,1,7-9,11H2. The summed E-state index contributed by atoms with van der Waals surface area (Å²) in [4.78, 5) is 15.9. The van der Waals surface area contributed by atoms with E-state index >= 15 is 0 Å². The Kier molecular flexibility index (Phi) is 4.90. The van der Waals surface area contributed by atoms with Crippen molar-refractivity contribution in [1.82, 2.24) is 9.88 Å². The monoisotopic (exact) mass is 310 g/mol. The number of rotatable bonds is 6. The fraction of sp³-hybridized carbons (Fsp3) is 0.312. The molecule has 0 bridgehead atoms. The number of halogens is 3. The first kappa shape index (κ1) is 16.1. The maximum Gasteiger partial charge on any atom is 0.406 e. The van der Waals surface area contributed by atoms with E-state index in [1.807, 2.05) is 24.3 Å². The molecule has 0 aliphatic carbocycles. The lowest BCUT2D eigenvalue weighted by Crippen LogP contribution is -2.39. The summed E-state index contributed by atoms with van der Waals surface area (Å²) in [6.07, 6.45) is -0.881. The Morgan fingerprint density at radius 3 is 2.73 bits per heavy atom. The average molecular weight is 310 g/mol. The van der Waals surface area contributed by atoms with Crippen LogP contribution >= 0.6 is 0 Å². The first-order valence-corrected chi connectivity index (χ1v) is 6.91. The van der Waals surface area contributed by atoms with Crippen molar-refractivity contribution in [3.8, 4) is 0 Å². The van der Waals surface area contributed by atoms with Crippen molar-refractivity contribution >= 4 is 16.8 Å². The Morgan fingerprint density at radius 1 is 1.32 bits per heavy atom. The Hall–Kier alpha value is -2.24. The summed E-state index contributed by atoms with van der Waals surface area (Å²) in [6.45, 7) is 2.05. The molecule has 0 spiro atoms. The zero-order valence-electron chi connectivity index (χ0n) is 12.0. The van der Waals surface area contributed by atoms with E-state index in [-0.39, 0.29) is 13.0 Å². The van der Waals surface area contributed by atoms with E-state index in [4.69, 9.17) is 0 Å². The SMILES string of the molecule is C=CCN(CC(F)(F)F)C(=O)CCc1c[nH]c2ccccc12. The number of aryl methyl sites for hydroxylation is 1. The normalized spacial score (nSPS) is 11.6. The molecular formula is C16H17F3N2O. The summed E-state index contributed by atoms with van der Waals surface area (Å²) in [6, 6.07) is 7.61. The molecule has 3 nitrogen and oxygen atoms in total. The van der Waals surface area contributed by atoms with Gasteiger partial charge in [0.25, 0.3) is 0 Å². The number of hydrogen-bond donors (Lipinski definition) is 1. The Labute approximate surface area is 126 Å². The summed E-state index contributed by atoms with van der Waals surface area (Å²) < 4.78 is 37.4. The van der Waals surface area contributed by atoms with Gasteiger partial charge in [-0.1, -0.05) is 24.3 Å². The largest absolute Gasteiger partial charge is 0.406 e. The minimum atomic E-state index is -4.40. The number of carbonyl (C=O) groups excluding carboxylic acids is 1. The van der Waals surface area contributed by atoms with Gasteiger partial charge in [-0.2, -0.15) is 13.2 Å². The van der Waals surface area contributed by atoms with Gasteiger partial charge in [-0.05, 0) is 18.1 Å². The van der Waals surface area contributed by atoms with E-state index in [1.54, 1.807) is 6.20 Å². The summed E-state index contributed by atoms with van der Waals surface area (Å²) >= 11 is 0. The molecular weight excluding hydrogens is 293 g/mol. The highest BCUT2D eigenvalue weighted by Crippen LogP contribution is 2.20. The molecule has 0 radical (unpaired) electrons. The summed E-state index contributed by atoms with van der Waals surface area (Å²) in [5, 5.41) is 0.987. The zero-order valence-corrected chi connectivity index (χ0v) is 12.0. The average Bonchev–Trinajstić information content (AvgIpc) is 2.86. The van der Waals surface area contributed by atoms with Gasteiger partial charge in [0.05, 0.1) is 0 Å². The van der Waals surface area contributed by atoms with Gasteiger partial charge in [-0.25, -0.2) is 0 Å². The molecule has 0 fully saturated rings. The van der Waals surface area contributed by atoms with Crippen LogP contribution in [0.1, 0.15) is 12.0 Å². The second kappa shape index (κ2) is 6.68. The van der Waals surface area contributed by atoms with Crippen LogP contribution in [0.15, 0.2) is 43.1 Å². The van der Waals surface area contributed by atoms with E-state index in [0.717, 1.165) is 21.4 Å². The first-order chi connectivity index (χ1) is 10.4. The van der Waals surface area contributed by atoms with Gasteiger partial charge in [0, 0.05) is 30.1 Å². The summed E-state index contributed by atoms with van der Waals surface area (Å²) in [5.41, 5.74) is 1.87. The minimum Gasteiger partial charge on any atom is -0.361 e. The number of alkyl halides is 3. The maximum absolute atomic E-state index is 12.5. The molecule has 1 N–H and O–H groups in total. The molecule has 22 heavy (non-hydrogen) atoms. The third kappa shape index (κ3) is 4.13. The Bertz CT molecular complexity index is 661. The van der Waals surface area contributed by atoms with Crippen LogP contribution in [0.5, 0.6) is 0 Å². The molecule has 118 valence electrons. The number of H-pyrrole nitrogens is 1. The lowest BCUT2D eigenvalue weighted by molar-refractivity contribution is -0.160. The number of para-hydroxylation sites is 1. The summed E-state index contributed by atoms with van der Waals surface area (Å²) in [5.74, 6) is -0.525. The number of aromatic amines is 1. The molecule has 2 aromatic rings. The van der Waals surface area contributed by atoms with Crippen LogP contribution in [0.25, 0.3) is 10.9 Å². The number of carbonyl (C=O) groups is 1. The van der Waals surface area contributed by atoms with Crippen LogP contribution < -0.4 is 0 Å². The number of fused-ring (bicyclic) bond motifs is 1. The van der Waals surface area contributed by atoms with Crippen molar-refractivity contribution in [2.24, 2.45) is 0 Å². The maximum atomic E-state index is 12.5. The van der Waals surface area contributed by atoms with Gasteiger partial charge in [0.15, 0.2) is 0 Å². The molecule has 0 atom stereocenters. The smallest absolute Gasteiger partial charge is 0.361 e. The summed E-state index contributed by atoms with van der Waals surface area (Å²) in [7, 11) is 0. The van der Waals surface area contributed by atoms with Gasteiger partial charge in [0.1, 0.15) is 6.54 Å². The fourth-order valence-electron chi connectivity index (χ4n) is 2.36. The van der Waals surface area contributed by atoms with Crippen molar-refractivity contribution in [3.05, 3.63) is 48.7 Å². The quantitative estimate of drug-likeness (QED) is 0.812. The molecule has 1 aromatic carbocycles. The second-order valence-electron chi connectivity index (χ2n) is 5.04. The number of benzene rings is 1. The lowest BCUT2D eigenvalue weighted by atomic mass is 10.1. The number of aromatic nitrogens is 1. The molecule has 1 heterocycles. The minimum absolute atomic E-state index is 0.0335. The topological polar surface area (TPSA) is 36.1 Å². The van der Waals surface area contributed by atoms with Crippen molar-refractivity contribution < 1.29 is 18.0 Å². The van der Waals surface area contributed by atoms with Crippen LogP contribution in [-0.2, 0) is 11.2 Å². The number of nitrogens with one attached hydrogen (secondary N) is 1. The lowest BCUT2D eigenvalue weighted by Gasteiger charge is -2.22. The van der Waals surface area contributed by atoms with Crippen LogP contribution in [0, 0.1) is 0 Å². The van der Waals surface area contributed by atoms with Crippen LogP contribution in [0.2, 0.25) is 0 Å². The van der Waals surface area contributed by atoms with E-state index in [1.165, 1.54) is 6.08 Å². The van der Waals surface area contributed by atoms with Crippen molar-refractivity contribution in [2.45, 2.75) is 19.0 Å².